The summed E-state index contributed by atoms with van der Waals surface area (Å²) < 4.78 is 5.13. The molecule has 1 aliphatic carbocycles. The fourth-order valence-corrected chi connectivity index (χ4v) is 4.06. The van der Waals surface area contributed by atoms with Crippen LogP contribution in [0.5, 0.6) is 0 Å². The SMILES string of the molecule is COCCN(C)C[C@@H]1CN(C(=O)C2CCCCCC2)C[C@@H]1CO. The van der Waals surface area contributed by atoms with E-state index in [4.69, 9.17) is 4.74 Å². The third-order valence-corrected chi connectivity index (χ3v) is 5.55. The van der Waals surface area contributed by atoms with Crippen molar-refractivity contribution in [3.05, 3.63) is 0 Å². The Hall–Kier alpha value is -0.650. The zero-order valence-corrected chi connectivity index (χ0v) is 14.9. The van der Waals surface area contributed by atoms with E-state index in [9.17, 15) is 9.90 Å². The molecule has 1 heterocycles. The van der Waals surface area contributed by atoms with Gasteiger partial charge in [0.1, 0.15) is 0 Å². The molecule has 2 fully saturated rings. The zero-order valence-electron chi connectivity index (χ0n) is 14.9. The topological polar surface area (TPSA) is 53.0 Å². The number of likely N-dealkylation sites (tertiary alicyclic amines) is 1. The molecule has 1 aliphatic heterocycles. The van der Waals surface area contributed by atoms with Gasteiger partial charge in [-0.05, 0) is 25.8 Å². The minimum Gasteiger partial charge on any atom is -0.396 e. The van der Waals surface area contributed by atoms with Gasteiger partial charge >= 0.3 is 0 Å². The van der Waals surface area contributed by atoms with Crippen molar-refractivity contribution in [2.24, 2.45) is 17.8 Å². The first-order valence-corrected chi connectivity index (χ1v) is 9.22. The molecular weight excluding hydrogens is 292 g/mol. The lowest BCUT2D eigenvalue weighted by Crippen LogP contribution is -2.36. The highest BCUT2D eigenvalue weighted by molar-refractivity contribution is 5.79. The van der Waals surface area contributed by atoms with E-state index >= 15 is 0 Å². The largest absolute Gasteiger partial charge is 0.396 e. The van der Waals surface area contributed by atoms with Crippen molar-refractivity contribution in [2.75, 3.05) is 53.6 Å². The number of methoxy groups -OCH3 is 1. The molecular formula is C18H34N2O3. The second kappa shape index (κ2) is 9.60. The predicted molar refractivity (Wildman–Crippen MR) is 91.2 cm³/mol. The van der Waals surface area contributed by atoms with Crippen LogP contribution in [0.1, 0.15) is 38.5 Å². The molecule has 0 aromatic rings. The van der Waals surface area contributed by atoms with Gasteiger partial charge in [-0.3, -0.25) is 4.79 Å². The summed E-state index contributed by atoms with van der Waals surface area (Å²) in [6.07, 6.45) is 7.04. The van der Waals surface area contributed by atoms with E-state index < -0.39 is 0 Å². The average Bonchev–Trinajstić information content (AvgIpc) is 2.77. The number of carbonyl (C=O) groups is 1. The van der Waals surface area contributed by atoms with E-state index in [0.717, 1.165) is 45.6 Å². The Kier molecular flexibility index (Phi) is 7.80. The lowest BCUT2D eigenvalue weighted by atomic mass is 9.96. The fourth-order valence-electron chi connectivity index (χ4n) is 4.06. The van der Waals surface area contributed by atoms with Gasteiger partial charge in [-0.2, -0.15) is 0 Å². The van der Waals surface area contributed by atoms with Crippen molar-refractivity contribution in [1.29, 1.82) is 0 Å². The van der Waals surface area contributed by atoms with Gasteiger partial charge < -0.3 is 19.6 Å². The molecule has 2 atom stereocenters. The highest BCUT2D eigenvalue weighted by Gasteiger charge is 2.37. The van der Waals surface area contributed by atoms with E-state index in [1.54, 1.807) is 7.11 Å². The monoisotopic (exact) mass is 326 g/mol. The lowest BCUT2D eigenvalue weighted by molar-refractivity contribution is -0.135. The van der Waals surface area contributed by atoms with Crippen LogP contribution in [0.25, 0.3) is 0 Å². The fraction of sp³-hybridized carbons (Fsp3) is 0.944. The number of aliphatic hydroxyl groups is 1. The first-order valence-electron chi connectivity index (χ1n) is 9.22. The molecule has 1 amide bonds. The number of aliphatic hydroxyl groups excluding tert-OH is 1. The van der Waals surface area contributed by atoms with Gasteiger partial charge in [-0.1, -0.05) is 25.7 Å². The summed E-state index contributed by atoms with van der Waals surface area (Å²) in [5, 5.41) is 9.70. The molecule has 1 saturated heterocycles. The van der Waals surface area contributed by atoms with E-state index in [1.807, 2.05) is 4.90 Å². The third kappa shape index (κ3) is 5.44. The normalized spacial score (nSPS) is 26.7. The molecule has 0 spiro atoms. The number of carbonyl (C=O) groups excluding carboxylic acids is 1. The molecule has 5 heteroatoms. The van der Waals surface area contributed by atoms with Gasteiger partial charge in [0.2, 0.25) is 5.91 Å². The smallest absolute Gasteiger partial charge is 0.225 e. The van der Waals surface area contributed by atoms with Crippen LogP contribution in [0.4, 0.5) is 0 Å². The molecule has 2 aliphatic rings. The third-order valence-electron chi connectivity index (χ3n) is 5.55. The van der Waals surface area contributed by atoms with E-state index in [-0.39, 0.29) is 18.4 Å². The summed E-state index contributed by atoms with van der Waals surface area (Å²) in [6, 6.07) is 0. The standard InChI is InChI=1S/C18H34N2O3/c1-19(9-10-23-2)11-16-12-20(13-17(16)14-21)18(22)15-7-5-3-4-6-8-15/h15-17,21H,3-14H2,1-2H3/t16-,17-/m1/s1. The Balaban J connectivity index is 1.87. The molecule has 0 aromatic carbocycles. The van der Waals surface area contributed by atoms with Crippen molar-refractivity contribution >= 4 is 5.91 Å². The van der Waals surface area contributed by atoms with Crippen molar-refractivity contribution in [3.63, 3.8) is 0 Å². The second-order valence-electron chi connectivity index (χ2n) is 7.39. The van der Waals surface area contributed by atoms with Crippen LogP contribution in [-0.2, 0) is 9.53 Å². The van der Waals surface area contributed by atoms with Crippen LogP contribution >= 0.6 is 0 Å². The number of hydrogen-bond donors (Lipinski definition) is 1. The molecule has 23 heavy (non-hydrogen) atoms. The van der Waals surface area contributed by atoms with Gasteiger partial charge in [-0.25, -0.2) is 0 Å². The maximum Gasteiger partial charge on any atom is 0.225 e. The van der Waals surface area contributed by atoms with E-state index in [0.29, 0.717) is 11.8 Å². The van der Waals surface area contributed by atoms with Gasteiger partial charge in [0.25, 0.3) is 0 Å². The molecule has 0 unspecified atom stereocenters. The minimum atomic E-state index is 0.178. The molecule has 1 N–H and O–H groups in total. The molecule has 1 saturated carbocycles. The number of ether oxygens (including phenoxy) is 1. The Morgan fingerprint density at radius 1 is 1.17 bits per heavy atom. The van der Waals surface area contributed by atoms with Gasteiger partial charge in [0.05, 0.1) is 6.61 Å². The first-order chi connectivity index (χ1) is 11.2. The Morgan fingerprint density at radius 3 is 2.43 bits per heavy atom. The number of rotatable bonds is 7. The second-order valence-corrected chi connectivity index (χ2v) is 7.39. The maximum atomic E-state index is 12.8. The Labute approximate surface area is 141 Å². The first kappa shape index (κ1) is 18.7. The quantitative estimate of drug-likeness (QED) is 0.722. The summed E-state index contributed by atoms with van der Waals surface area (Å²) in [4.78, 5) is 17.1. The van der Waals surface area contributed by atoms with Crippen molar-refractivity contribution in [2.45, 2.75) is 38.5 Å². The highest BCUT2D eigenvalue weighted by atomic mass is 16.5. The number of hydrogen-bond acceptors (Lipinski definition) is 4. The summed E-state index contributed by atoms with van der Waals surface area (Å²) in [6.45, 7) is 4.24. The van der Waals surface area contributed by atoms with Crippen LogP contribution in [0.3, 0.4) is 0 Å². The molecule has 0 radical (unpaired) electrons. The Bertz CT molecular complexity index is 356. The molecule has 134 valence electrons. The molecule has 2 rings (SSSR count). The highest BCUT2D eigenvalue weighted by Crippen LogP contribution is 2.29. The predicted octanol–water partition coefficient (Wildman–Crippen LogP) is 1.60. The van der Waals surface area contributed by atoms with Crippen molar-refractivity contribution in [1.82, 2.24) is 9.80 Å². The van der Waals surface area contributed by atoms with Crippen LogP contribution in [0, 0.1) is 17.8 Å². The Morgan fingerprint density at radius 2 is 1.83 bits per heavy atom. The van der Waals surface area contributed by atoms with Crippen LogP contribution in [0.15, 0.2) is 0 Å². The molecule has 0 aromatic heterocycles. The van der Waals surface area contributed by atoms with Gasteiger partial charge in [0, 0.05) is 51.7 Å². The van der Waals surface area contributed by atoms with Crippen LogP contribution < -0.4 is 0 Å². The summed E-state index contributed by atoms with van der Waals surface area (Å²) in [7, 11) is 3.80. The van der Waals surface area contributed by atoms with Crippen LogP contribution in [-0.4, -0.2) is 74.4 Å². The average molecular weight is 326 g/mol. The minimum absolute atomic E-state index is 0.178. The van der Waals surface area contributed by atoms with Crippen LogP contribution in [0.2, 0.25) is 0 Å². The lowest BCUT2D eigenvalue weighted by Gasteiger charge is -2.24. The number of nitrogens with zero attached hydrogens (tertiary/aromatic N) is 2. The van der Waals surface area contributed by atoms with Gasteiger partial charge in [-0.15, -0.1) is 0 Å². The number of amides is 1. The van der Waals surface area contributed by atoms with Crippen molar-refractivity contribution < 1.29 is 14.6 Å². The molecule has 5 nitrogen and oxygen atoms in total. The summed E-state index contributed by atoms with van der Waals surface area (Å²) in [5.74, 6) is 1.15. The van der Waals surface area contributed by atoms with E-state index in [2.05, 4.69) is 11.9 Å². The maximum absolute atomic E-state index is 12.8. The van der Waals surface area contributed by atoms with Gasteiger partial charge in [0.15, 0.2) is 0 Å². The molecule has 0 bridgehead atoms. The van der Waals surface area contributed by atoms with Crippen molar-refractivity contribution in [3.8, 4) is 0 Å². The summed E-state index contributed by atoms with van der Waals surface area (Å²) >= 11 is 0. The van der Waals surface area contributed by atoms with E-state index in [1.165, 1.54) is 25.7 Å². The number of likely N-dealkylation sites (N-methyl/N-ethyl adjacent to an activating group) is 1. The summed E-state index contributed by atoms with van der Waals surface area (Å²) in [5.41, 5.74) is 0. The zero-order chi connectivity index (χ0) is 16.7.